The fourth-order valence-electron chi connectivity index (χ4n) is 1.26. The molecule has 0 radical (unpaired) electrons. The van der Waals surface area contributed by atoms with E-state index in [0.29, 0.717) is 12.6 Å². The fraction of sp³-hybridized carbons (Fsp3) is 0.800. The van der Waals surface area contributed by atoms with Crippen LogP contribution in [0.5, 0.6) is 0 Å². The second-order valence-electron chi connectivity index (χ2n) is 3.86. The van der Waals surface area contributed by atoms with Crippen LogP contribution in [-0.2, 0) is 4.79 Å². The number of nitrogens with one attached hydrogen (secondary N) is 2. The third-order valence-electron chi connectivity index (χ3n) is 2.74. The Bertz CT molecular complexity index is 239. The summed E-state index contributed by atoms with van der Waals surface area (Å²) >= 11 is 0. The number of carbonyl (C=O) groups is 2. The zero-order valence-electron chi connectivity index (χ0n) is 9.38. The van der Waals surface area contributed by atoms with Crippen LogP contribution in [0.2, 0.25) is 0 Å². The van der Waals surface area contributed by atoms with Crippen LogP contribution in [-0.4, -0.2) is 43.0 Å². The van der Waals surface area contributed by atoms with Crippen molar-refractivity contribution < 1.29 is 9.59 Å². The van der Waals surface area contributed by atoms with Gasteiger partial charge in [0, 0.05) is 19.6 Å². The van der Waals surface area contributed by atoms with Crippen molar-refractivity contribution >= 4 is 11.9 Å². The Hall–Kier alpha value is -1.26. The molecule has 0 saturated heterocycles. The number of rotatable bonds is 4. The third kappa shape index (κ3) is 3.77. The van der Waals surface area contributed by atoms with E-state index in [9.17, 15) is 9.59 Å². The minimum atomic E-state index is -0.238. The van der Waals surface area contributed by atoms with Crippen molar-refractivity contribution in [3.8, 4) is 0 Å². The number of carbonyl (C=O) groups excluding carboxylic acids is 2. The molecule has 0 unspecified atom stereocenters. The van der Waals surface area contributed by atoms with Gasteiger partial charge in [0.25, 0.3) is 0 Å². The highest BCUT2D eigenvalue weighted by Gasteiger charge is 2.19. The molecule has 0 aromatic heterocycles. The third-order valence-corrected chi connectivity index (χ3v) is 2.74. The van der Waals surface area contributed by atoms with E-state index in [1.54, 1.807) is 11.9 Å². The molecular weight excluding hydrogens is 194 g/mol. The maximum absolute atomic E-state index is 11.3. The second-order valence-corrected chi connectivity index (χ2v) is 3.86. The van der Waals surface area contributed by atoms with Gasteiger partial charge in [-0.1, -0.05) is 0 Å². The number of amides is 3. The highest BCUT2D eigenvalue weighted by molar-refractivity contribution is 5.83. The van der Waals surface area contributed by atoms with Gasteiger partial charge in [0.1, 0.15) is 0 Å². The monoisotopic (exact) mass is 213 g/mol. The molecule has 1 saturated carbocycles. The predicted octanol–water partition coefficient (Wildman–Crippen LogP) is 0.316. The molecule has 0 atom stereocenters. The molecule has 0 aromatic rings. The van der Waals surface area contributed by atoms with Gasteiger partial charge in [0.15, 0.2) is 0 Å². The van der Waals surface area contributed by atoms with Crippen LogP contribution >= 0.6 is 0 Å². The molecular formula is C10H19N3O2. The lowest BCUT2D eigenvalue weighted by Gasteiger charge is -2.26. The summed E-state index contributed by atoms with van der Waals surface area (Å²) in [7, 11) is 1.72. The Labute approximate surface area is 90.2 Å². The summed E-state index contributed by atoms with van der Waals surface area (Å²) in [6.07, 6.45) is 3.29. The summed E-state index contributed by atoms with van der Waals surface area (Å²) in [5.74, 6) is -0.0683. The molecule has 86 valence electrons. The van der Waals surface area contributed by atoms with Gasteiger partial charge in [-0.15, -0.1) is 0 Å². The number of likely N-dealkylation sites (N-methyl/N-ethyl adjacent to an activating group) is 1. The average Bonchev–Trinajstić information content (AvgIpc) is 2.18. The van der Waals surface area contributed by atoms with E-state index in [1.165, 1.54) is 6.42 Å². The molecule has 2 N–H and O–H groups in total. The van der Waals surface area contributed by atoms with E-state index in [0.717, 1.165) is 12.8 Å². The van der Waals surface area contributed by atoms with Crippen LogP contribution in [0.1, 0.15) is 26.2 Å². The van der Waals surface area contributed by atoms with Gasteiger partial charge < -0.3 is 15.5 Å². The van der Waals surface area contributed by atoms with Crippen molar-refractivity contribution in [1.29, 1.82) is 0 Å². The first-order valence-electron chi connectivity index (χ1n) is 5.41. The summed E-state index contributed by atoms with van der Waals surface area (Å²) in [6, 6.07) is 0.0709. The topological polar surface area (TPSA) is 61.4 Å². The van der Waals surface area contributed by atoms with Crippen LogP contribution in [0, 0.1) is 0 Å². The van der Waals surface area contributed by atoms with Gasteiger partial charge in [-0.05, 0) is 26.2 Å². The molecule has 0 aromatic carbocycles. The molecule has 1 aliphatic carbocycles. The molecule has 0 bridgehead atoms. The Morgan fingerprint density at radius 2 is 2.07 bits per heavy atom. The van der Waals surface area contributed by atoms with Gasteiger partial charge in [0.05, 0.1) is 6.54 Å². The smallest absolute Gasteiger partial charge is 0.315 e. The van der Waals surface area contributed by atoms with E-state index in [2.05, 4.69) is 10.6 Å². The minimum absolute atomic E-state index is 0.0683. The summed E-state index contributed by atoms with van der Waals surface area (Å²) in [5, 5.41) is 5.36. The highest BCUT2D eigenvalue weighted by Crippen LogP contribution is 2.17. The first-order valence-corrected chi connectivity index (χ1v) is 5.41. The number of hydrogen-bond donors (Lipinski definition) is 2. The average molecular weight is 213 g/mol. The van der Waals surface area contributed by atoms with E-state index in [-0.39, 0.29) is 18.5 Å². The molecule has 1 rings (SSSR count). The van der Waals surface area contributed by atoms with Crippen molar-refractivity contribution in [3.05, 3.63) is 0 Å². The van der Waals surface area contributed by atoms with Crippen molar-refractivity contribution in [2.24, 2.45) is 0 Å². The number of nitrogens with zero attached hydrogens (tertiary/aromatic N) is 1. The standard InChI is InChI=1S/C10H19N3O2/c1-3-13(2)9(14)7-11-10(15)12-8-5-4-6-8/h8H,3-7H2,1-2H3,(H2,11,12,15). The fourth-order valence-corrected chi connectivity index (χ4v) is 1.26. The van der Waals surface area contributed by atoms with Crippen LogP contribution < -0.4 is 10.6 Å². The summed E-state index contributed by atoms with van der Waals surface area (Å²) < 4.78 is 0. The zero-order chi connectivity index (χ0) is 11.3. The van der Waals surface area contributed by atoms with Gasteiger partial charge in [0.2, 0.25) is 5.91 Å². The molecule has 5 heteroatoms. The number of hydrogen-bond acceptors (Lipinski definition) is 2. The molecule has 1 fully saturated rings. The first-order chi connectivity index (χ1) is 7.13. The Morgan fingerprint density at radius 1 is 1.40 bits per heavy atom. The van der Waals surface area contributed by atoms with Gasteiger partial charge >= 0.3 is 6.03 Å². The van der Waals surface area contributed by atoms with Crippen LogP contribution in [0.15, 0.2) is 0 Å². The zero-order valence-corrected chi connectivity index (χ0v) is 9.38. The lowest BCUT2D eigenvalue weighted by atomic mass is 9.93. The minimum Gasteiger partial charge on any atom is -0.345 e. The maximum Gasteiger partial charge on any atom is 0.315 e. The van der Waals surface area contributed by atoms with Crippen LogP contribution in [0.4, 0.5) is 4.79 Å². The summed E-state index contributed by atoms with van der Waals surface area (Å²) in [5.41, 5.74) is 0. The lowest BCUT2D eigenvalue weighted by Crippen LogP contribution is -2.47. The van der Waals surface area contributed by atoms with Crippen molar-refractivity contribution in [1.82, 2.24) is 15.5 Å². The van der Waals surface area contributed by atoms with E-state index in [4.69, 9.17) is 0 Å². The Kier molecular flexibility index (Phi) is 4.39. The largest absolute Gasteiger partial charge is 0.345 e. The van der Waals surface area contributed by atoms with Crippen molar-refractivity contribution in [2.45, 2.75) is 32.2 Å². The highest BCUT2D eigenvalue weighted by atomic mass is 16.2. The Balaban J connectivity index is 2.12. The molecule has 15 heavy (non-hydrogen) atoms. The second kappa shape index (κ2) is 5.58. The maximum atomic E-state index is 11.3. The van der Waals surface area contributed by atoms with E-state index >= 15 is 0 Å². The normalized spacial score (nSPS) is 15.3. The lowest BCUT2D eigenvalue weighted by molar-refractivity contribution is -0.128. The van der Waals surface area contributed by atoms with E-state index in [1.807, 2.05) is 6.92 Å². The molecule has 5 nitrogen and oxygen atoms in total. The predicted molar refractivity (Wildman–Crippen MR) is 57.5 cm³/mol. The SMILES string of the molecule is CCN(C)C(=O)CNC(=O)NC1CCC1. The van der Waals surface area contributed by atoms with Gasteiger partial charge in [-0.3, -0.25) is 4.79 Å². The van der Waals surface area contributed by atoms with E-state index < -0.39 is 0 Å². The molecule has 0 aliphatic heterocycles. The van der Waals surface area contributed by atoms with Crippen LogP contribution in [0.25, 0.3) is 0 Å². The Morgan fingerprint density at radius 3 is 2.53 bits per heavy atom. The summed E-state index contributed by atoms with van der Waals surface area (Å²) in [6.45, 7) is 2.62. The molecule has 1 aliphatic rings. The molecule has 0 heterocycles. The quantitative estimate of drug-likeness (QED) is 0.706. The molecule has 0 spiro atoms. The molecule has 3 amide bonds. The van der Waals surface area contributed by atoms with Crippen molar-refractivity contribution in [3.63, 3.8) is 0 Å². The first kappa shape index (κ1) is 11.8. The van der Waals surface area contributed by atoms with Gasteiger partial charge in [-0.25, -0.2) is 4.79 Å². The van der Waals surface area contributed by atoms with Crippen molar-refractivity contribution in [2.75, 3.05) is 20.1 Å². The van der Waals surface area contributed by atoms with Gasteiger partial charge in [-0.2, -0.15) is 0 Å². The van der Waals surface area contributed by atoms with Crippen LogP contribution in [0.3, 0.4) is 0 Å². The summed E-state index contributed by atoms with van der Waals surface area (Å²) in [4.78, 5) is 24.2. The number of urea groups is 1.